The fourth-order valence-corrected chi connectivity index (χ4v) is 4.21. The van der Waals surface area contributed by atoms with Gasteiger partial charge in [0.2, 0.25) is 11.9 Å². The Balaban J connectivity index is 1.73. The number of nitrogens with one attached hydrogen (secondary N) is 1. The van der Waals surface area contributed by atoms with E-state index in [0.717, 1.165) is 16.7 Å². The van der Waals surface area contributed by atoms with Gasteiger partial charge in [0.1, 0.15) is 12.6 Å². The molecule has 1 aromatic heterocycles. The lowest BCUT2D eigenvalue weighted by Crippen LogP contribution is -2.31. The number of benzene rings is 2. The van der Waals surface area contributed by atoms with Crippen molar-refractivity contribution < 1.29 is 14.3 Å². The first-order valence-electron chi connectivity index (χ1n) is 9.50. The number of aryl methyl sites for hydroxylation is 1. The Bertz CT molecular complexity index is 1190. The molecule has 1 amide bonds. The standard InChI is InChI=1S/C21H21BrN6O3/c1-11-5-4-6-13(7-11)10-31-19-15(22)8-14(9-16(19)30-3)18-17(20(23)29)12(2)24-21-25-26-27-28(18)21/h4-9,18H,10H2,1-3H3,(H2,23,29)(H,24,25,27). The molecular formula is C21H21BrN6O3. The minimum atomic E-state index is -0.611. The highest BCUT2D eigenvalue weighted by atomic mass is 79.9. The monoisotopic (exact) mass is 484 g/mol. The maximum Gasteiger partial charge on any atom is 0.248 e. The van der Waals surface area contributed by atoms with Crippen LogP contribution in [0.25, 0.3) is 0 Å². The van der Waals surface area contributed by atoms with E-state index in [-0.39, 0.29) is 0 Å². The van der Waals surface area contributed by atoms with Gasteiger partial charge in [0.25, 0.3) is 0 Å². The fourth-order valence-electron chi connectivity index (χ4n) is 3.63. The highest BCUT2D eigenvalue weighted by Gasteiger charge is 2.34. The molecule has 31 heavy (non-hydrogen) atoms. The van der Waals surface area contributed by atoms with Crippen LogP contribution in [0.3, 0.4) is 0 Å². The summed E-state index contributed by atoms with van der Waals surface area (Å²) in [5.74, 6) is 0.917. The van der Waals surface area contributed by atoms with Crippen molar-refractivity contribution >= 4 is 27.8 Å². The van der Waals surface area contributed by atoms with E-state index >= 15 is 0 Å². The number of tetrazole rings is 1. The van der Waals surface area contributed by atoms with E-state index in [1.807, 2.05) is 31.2 Å². The number of methoxy groups -OCH3 is 1. The average Bonchev–Trinajstić information content (AvgIpc) is 3.19. The number of rotatable bonds is 6. The summed E-state index contributed by atoms with van der Waals surface area (Å²) in [6, 6.07) is 11.1. The molecule has 0 bridgehead atoms. The van der Waals surface area contributed by atoms with Crippen molar-refractivity contribution in [2.75, 3.05) is 12.4 Å². The summed E-state index contributed by atoms with van der Waals surface area (Å²) in [6.45, 7) is 4.18. The minimum absolute atomic E-state index is 0.363. The van der Waals surface area contributed by atoms with Crippen LogP contribution in [0.4, 0.5) is 5.95 Å². The van der Waals surface area contributed by atoms with Crippen LogP contribution in [0.2, 0.25) is 0 Å². The molecular weight excluding hydrogens is 464 g/mol. The topological polar surface area (TPSA) is 117 Å². The van der Waals surface area contributed by atoms with Crippen LogP contribution in [-0.4, -0.2) is 33.2 Å². The highest BCUT2D eigenvalue weighted by Crippen LogP contribution is 2.42. The number of carbonyl (C=O) groups excluding carboxylic acids is 1. The lowest BCUT2D eigenvalue weighted by Gasteiger charge is -2.27. The zero-order valence-electron chi connectivity index (χ0n) is 17.2. The molecule has 0 aliphatic carbocycles. The maximum absolute atomic E-state index is 12.2. The molecule has 0 fully saturated rings. The molecule has 4 rings (SSSR count). The summed E-state index contributed by atoms with van der Waals surface area (Å²) in [7, 11) is 1.56. The van der Waals surface area contributed by atoms with Gasteiger partial charge < -0.3 is 20.5 Å². The number of carbonyl (C=O) groups is 1. The van der Waals surface area contributed by atoms with Crippen molar-refractivity contribution in [3.8, 4) is 11.5 Å². The normalized spacial score (nSPS) is 15.3. The molecule has 1 aliphatic heterocycles. The van der Waals surface area contributed by atoms with Crippen molar-refractivity contribution in [2.45, 2.75) is 26.5 Å². The van der Waals surface area contributed by atoms with Gasteiger partial charge in [0, 0.05) is 5.70 Å². The van der Waals surface area contributed by atoms with Gasteiger partial charge in [-0.05, 0) is 63.5 Å². The molecule has 0 radical (unpaired) electrons. The van der Waals surface area contributed by atoms with Gasteiger partial charge in [0.05, 0.1) is 17.2 Å². The summed E-state index contributed by atoms with van der Waals surface area (Å²) in [5, 5.41) is 14.7. The summed E-state index contributed by atoms with van der Waals surface area (Å²) in [4.78, 5) is 12.2. The molecule has 2 aromatic carbocycles. The summed E-state index contributed by atoms with van der Waals surface area (Å²) in [6.07, 6.45) is 0. The summed E-state index contributed by atoms with van der Waals surface area (Å²) >= 11 is 3.58. The largest absolute Gasteiger partial charge is 0.493 e. The second kappa shape index (κ2) is 8.38. The number of ether oxygens (including phenoxy) is 2. The first kappa shape index (κ1) is 20.9. The summed E-state index contributed by atoms with van der Waals surface area (Å²) < 4.78 is 13.8. The van der Waals surface area contributed by atoms with Crippen LogP contribution in [0.5, 0.6) is 11.5 Å². The third-order valence-electron chi connectivity index (χ3n) is 5.01. The van der Waals surface area contributed by atoms with E-state index in [1.165, 1.54) is 4.68 Å². The van der Waals surface area contributed by atoms with Gasteiger partial charge in [-0.25, -0.2) is 0 Å². The van der Waals surface area contributed by atoms with E-state index in [0.29, 0.717) is 39.8 Å². The molecule has 2 heterocycles. The Morgan fingerprint density at radius 2 is 2.10 bits per heavy atom. The first-order valence-corrected chi connectivity index (χ1v) is 10.3. The van der Waals surface area contributed by atoms with Crippen LogP contribution < -0.4 is 20.5 Å². The number of allylic oxidation sites excluding steroid dienone is 1. The molecule has 1 unspecified atom stereocenters. The van der Waals surface area contributed by atoms with Crippen LogP contribution in [-0.2, 0) is 11.4 Å². The first-order chi connectivity index (χ1) is 14.9. The van der Waals surface area contributed by atoms with Gasteiger partial charge in [-0.3, -0.25) is 4.79 Å². The molecule has 3 aromatic rings. The molecule has 10 heteroatoms. The number of nitrogens with zero attached hydrogens (tertiary/aromatic N) is 4. The smallest absolute Gasteiger partial charge is 0.248 e. The van der Waals surface area contributed by atoms with E-state index in [1.54, 1.807) is 20.1 Å². The third kappa shape index (κ3) is 3.98. The second-order valence-electron chi connectivity index (χ2n) is 7.19. The predicted octanol–water partition coefficient (Wildman–Crippen LogP) is 3.11. The number of aromatic nitrogens is 4. The molecule has 1 atom stereocenters. The molecule has 0 saturated heterocycles. The summed E-state index contributed by atoms with van der Waals surface area (Å²) in [5.41, 5.74) is 9.57. The van der Waals surface area contributed by atoms with Crippen LogP contribution in [0, 0.1) is 6.92 Å². The zero-order valence-corrected chi connectivity index (χ0v) is 18.8. The van der Waals surface area contributed by atoms with Crippen molar-refractivity contribution in [1.29, 1.82) is 0 Å². The lowest BCUT2D eigenvalue weighted by molar-refractivity contribution is -0.115. The number of halogens is 1. The Labute approximate surface area is 187 Å². The zero-order chi connectivity index (χ0) is 22.1. The Morgan fingerprint density at radius 1 is 1.29 bits per heavy atom. The van der Waals surface area contributed by atoms with E-state index in [2.05, 4.69) is 42.8 Å². The number of fused-ring (bicyclic) bond motifs is 1. The number of hydrogen-bond acceptors (Lipinski definition) is 7. The highest BCUT2D eigenvalue weighted by molar-refractivity contribution is 9.10. The van der Waals surface area contributed by atoms with Gasteiger partial charge in [-0.15, -0.1) is 0 Å². The average molecular weight is 485 g/mol. The van der Waals surface area contributed by atoms with E-state index < -0.39 is 11.9 Å². The molecule has 0 saturated carbocycles. The number of amides is 1. The van der Waals surface area contributed by atoms with Crippen LogP contribution >= 0.6 is 15.9 Å². The van der Waals surface area contributed by atoms with Crippen LogP contribution in [0.15, 0.2) is 52.1 Å². The van der Waals surface area contributed by atoms with E-state index in [4.69, 9.17) is 15.2 Å². The molecule has 1 aliphatic rings. The Hall–Kier alpha value is -3.40. The third-order valence-corrected chi connectivity index (χ3v) is 5.60. The Kier molecular flexibility index (Phi) is 5.64. The van der Waals surface area contributed by atoms with Crippen LogP contribution in [0.1, 0.15) is 29.7 Å². The fraction of sp³-hybridized carbons (Fsp3) is 0.238. The van der Waals surface area contributed by atoms with E-state index in [9.17, 15) is 4.79 Å². The maximum atomic E-state index is 12.2. The number of primary amides is 1. The number of hydrogen-bond donors (Lipinski definition) is 2. The van der Waals surface area contributed by atoms with Crippen molar-refractivity contribution in [1.82, 2.24) is 20.2 Å². The predicted molar refractivity (Wildman–Crippen MR) is 118 cm³/mol. The van der Waals surface area contributed by atoms with Gasteiger partial charge in [-0.2, -0.15) is 4.68 Å². The lowest BCUT2D eigenvalue weighted by atomic mass is 9.95. The van der Waals surface area contributed by atoms with Gasteiger partial charge in [0.15, 0.2) is 11.5 Å². The molecule has 9 nitrogen and oxygen atoms in total. The van der Waals surface area contributed by atoms with Crippen molar-refractivity contribution in [3.05, 3.63) is 68.8 Å². The second-order valence-corrected chi connectivity index (χ2v) is 8.04. The van der Waals surface area contributed by atoms with Crippen molar-refractivity contribution in [2.24, 2.45) is 5.73 Å². The molecule has 0 spiro atoms. The van der Waals surface area contributed by atoms with Crippen molar-refractivity contribution in [3.63, 3.8) is 0 Å². The number of nitrogens with two attached hydrogens (primary N) is 1. The quantitative estimate of drug-likeness (QED) is 0.551. The van der Waals surface area contributed by atoms with Gasteiger partial charge in [-0.1, -0.05) is 34.9 Å². The molecule has 3 N–H and O–H groups in total. The molecule has 160 valence electrons. The number of anilines is 1. The van der Waals surface area contributed by atoms with Gasteiger partial charge >= 0.3 is 0 Å². The Morgan fingerprint density at radius 3 is 2.81 bits per heavy atom. The SMILES string of the molecule is COc1cc(C2C(C(N)=O)=C(C)Nc3nnnn32)cc(Br)c1OCc1cccc(C)c1. The minimum Gasteiger partial charge on any atom is -0.493 e.